The topological polar surface area (TPSA) is 29.1 Å². The molecule has 0 aliphatic carbocycles. The van der Waals surface area contributed by atoms with Crippen molar-refractivity contribution >= 4 is 11.5 Å². The fourth-order valence-electron chi connectivity index (χ4n) is 1.31. The van der Waals surface area contributed by atoms with Crippen LogP contribution in [0.1, 0.15) is 26.3 Å². The first-order chi connectivity index (χ1) is 7.09. The van der Waals surface area contributed by atoms with E-state index >= 15 is 0 Å². The maximum Gasteiger partial charge on any atom is 0.244 e. The molecule has 2 nitrogen and oxygen atoms in total. The number of hydrogen-bond acceptors (Lipinski definition) is 1. The molecule has 0 unspecified atom stereocenters. The predicted octanol–water partition coefficient (Wildman–Crippen LogP) is 2.61. The van der Waals surface area contributed by atoms with Gasteiger partial charge in [-0.1, -0.05) is 30.3 Å². The van der Waals surface area contributed by atoms with Crippen molar-refractivity contribution in [2.75, 3.05) is 0 Å². The van der Waals surface area contributed by atoms with Crippen LogP contribution in [0.5, 0.6) is 0 Å². The molecule has 1 amide bonds. The molecule has 1 aromatic rings. The Bertz CT molecular complexity index is 352. The average molecular weight is 203 g/mol. The molecule has 15 heavy (non-hydrogen) atoms. The molecule has 0 bridgehead atoms. The van der Waals surface area contributed by atoms with Crippen LogP contribution in [0.15, 0.2) is 36.4 Å². The van der Waals surface area contributed by atoms with Gasteiger partial charge in [0.2, 0.25) is 5.91 Å². The third kappa shape index (κ3) is 3.98. The van der Waals surface area contributed by atoms with Gasteiger partial charge >= 0.3 is 0 Å². The molecule has 0 fully saturated rings. The lowest BCUT2D eigenvalue weighted by Crippen LogP contribution is -2.28. The Morgan fingerprint density at radius 3 is 2.40 bits per heavy atom. The van der Waals surface area contributed by atoms with E-state index in [-0.39, 0.29) is 11.9 Å². The van der Waals surface area contributed by atoms with Crippen LogP contribution in [0.4, 0.5) is 0 Å². The molecule has 0 saturated carbocycles. The molecule has 1 rings (SSSR count). The van der Waals surface area contributed by atoms with Crippen molar-refractivity contribution in [3.8, 4) is 0 Å². The van der Waals surface area contributed by atoms with E-state index in [0.29, 0.717) is 0 Å². The Morgan fingerprint density at radius 2 is 1.87 bits per heavy atom. The smallest absolute Gasteiger partial charge is 0.244 e. The molecular formula is C13H17NO. The molecule has 0 spiro atoms. The second-order valence-corrected chi connectivity index (χ2v) is 3.86. The van der Waals surface area contributed by atoms with Crippen LogP contribution in [0.2, 0.25) is 0 Å². The molecule has 1 aromatic carbocycles. The summed E-state index contributed by atoms with van der Waals surface area (Å²) in [6.45, 7) is 5.84. The molecule has 0 heterocycles. The minimum atomic E-state index is -0.0358. The molecule has 0 saturated heterocycles. The molecule has 1 N–H and O–H groups in total. The highest BCUT2D eigenvalue weighted by Gasteiger charge is 2.01. The SMILES string of the molecule is C/C(=C/C(=O)NC(C)C)c1ccccc1. The first kappa shape index (κ1) is 11.5. The quantitative estimate of drug-likeness (QED) is 0.752. The molecule has 0 aliphatic rings. The summed E-state index contributed by atoms with van der Waals surface area (Å²) < 4.78 is 0. The number of carbonyl (C=O) groups is 1. The Balaban J connectivity index is 2.72. The monoisotopic (exact) mass is 203 g/mol. The second-order valence-electron chi connectivity index (χ2n) is 3.86. The standard InChI is InChI=1S/C13H17NO/c1-10(2)14-13(15)9-11(3)12-7-5-4-6-8-12/h4-10H,1-3H3,(H,14,15)/b11-9-. The molecule has 0 atom stereocenters. The lowest BCUT2D eigenvalue weighted by molar-refractivity contribution is -0.116. The first-order valence-electron chi connectivity index (χ1n) is 5.14. The van der Waals surface area contributed by atoms with Crippen molar-refractivity contribution in [1.82, 2.24) is 5.32 Å². The maximum absolute atomic E-state index is 11.4. The summed E-state index contributed by atoms with van der Waals surface area (Å²) in [5, 5.41) is 2.83. The predicted molar refractivity (Wildman–Crippen MR) is 63.4 cm³/mol. The van der Waals surface area contributed by atoms with Gasteiger partial charge in [-0.15, -0.1) is 0 Å². The van der Waals surface area contributed by atoms with Gasteiger partial charge in [-0.25, -0.2) is 0 Å². The lowest BCUT2D eigenvalue weighted by atomic mass is 10.1. The number of amides is 1. The second kappa shape index (κ2) is 5.35. The summed E-state index contributed by atoms with van der Waals surface area (Å²) in [4.78, 5) is 11.4. The van der Waals surface area contributed by atoms with Crippen molar-refractivity contribution in [2.45, 2.75) is 26.8 Å². The minimum Gasteiger partial charge on any atom is -0.350 e. The van der Waals surface area contributed by atoms with E-state index in [1.165, 1.54) is 0 Å². The van der Waals surface area contributed by atoms with Crippen molar-refractivity contribution in [3.63, 3.8) is 0 Å². The first-order valence-corrected chi connectivity index (χ1v) is 5.14. The maximum atomic E-state index is 11.4. The Hall–Kier alpha value is -1.57. The van der Waals surface area contributed by atoms with E-state index < -0.39 is 0 Å². The molecule has 80 valence electrons. The summed E-state index contributed by atoms with van der Waals surface area (Å²) in [6, 6.07) is 10.1. The summed E-state index contributed by atoms with van der Waals surface area (Å²) in [5.74, 6) is -0.0358. The largest absolute Gasteiger partial charge is 0.350 e. The summed E-state index contributed by atoms with van der Waals surface area (Å²) >= 11 is 0. The van der Waals surface area contributed by atoms with E-state index in [9.17, 15) is 4.79 Å². The van der Waals surface area contributed by atoms with Crippen LogP contribution in [0.3, 0.4) is 0 Å². The highest BCUT2D eigenvalue weighted by atomic mass is 16.1. The van der Waals surface area contributed by atoms with Gasteiger partial charge in [0.05, 0.1) is 0 Å². The van der Waals surface area contributed by atoms with E-state index in [1.807, 2.05) is 51.1 Å². The Labute approximate surface area is 91.0 Å². The van der Waals surface area contributed by atoms with Crippen molar-refractivity contribution in [3.05, 3.63) is 42.0 Å². The van der Waals surface area contributed by atoms with Gasteiger partial charge in [-0.05, 0) is 31.9 Å². The number of benzene rings is 1. The summed E-state index contributed by atoms with van der Waals surface area (Å²) in [6.07, 6.45) is 1.63. The fourth-order valence-corrected chi connectivity index (χ4v) is 1.31. The van der Waals surface area contributed by atoms with Gasteiger partial charge in [0.15, 0.2) is 0 Å². The summed E-state index contributed by atoms with van der Waals surface area (Å²) in [7, 11) is 0. The minimum absolute atomic E-state index is 0.0358. The van der Waals surface area contributed by atoms with Crippen LogP contribution in [0, 0.1) is 0 Å². The molecule has 0 aliphatic heterocycles. The van der Waals surface area contributed by atoms with Gasteiger partial charge < -0.3 is 5.32 Å². The number of carbonyl (C=O) groups excluding carboxylic acids is 1. The van der Waals surface area contributed by atoms with E-state index in [4.69, 9.17) is 0 Å². The Morgan fingerprint density at radius 1 is 1.27 bits per heavy atom. The molecule has 2 heteroatoms. The molecule has 0 radical (unpaired) electrons. The van der Waals surface area contributed by atoms with Gasteiger partial charge in [0.1, 0.15) is 0 Å². The van der Waals surface area contributed by atoms with Crippen molar-refractivity contribution < 1.29 is 4.79 Å². The van der Waals surface area contributed by atoms with Crippen LogP contribution >= 0.6 is 0 Å². The number of hydrogen-bond donors (Lipinski definition) is 1. The Kier molecular flexibility index (Phi) is 4.10. The number of allylic oxidation sites excluding steroid dienone is 1. The highest BCUT2D eigenvalue weighted by molar-refractivity contribution is 5.94. The highest BCUT2D eigenvalue weighted by Crippen LogP contribution is 2.11. The third-order valence-corrected chi connectivity index (χ3v) is 2.01. The third-order valence-electron chi connectivity index (χ3n) is 2.01. The molecular weight excluding hydrogens is 186 g/mol. The number of rotatable bonds is 3. The van der Waals surface area contributed by atoms with E-state index in [0.717, 1.165) is 11.1 Å². The zero-order valence-corrected chi connectivity index (χ0v) is 9.45. The van der Waals surface area contributed by atoms with Gasteiger partial charge in [0, 0.05) is 12.1 Å². The summed E-state index contributed by atoms with van der Waals surface area (Å²) in [5.41, 5.74) is 2.06. The number of nitrogens with one attached hydrogen (secondary N) is 1. The van der Waals surface area contributed by atoms with Crippen molar-refractivity contribution in [1.29, 1.82) is 0 Å². The van der Waals surface area contributed by atoms with Crippen LogP contribution in [-0.4, -0.2) is 11.9 Å². The zero-order valence-electron chi connectivity index (χ0n) is 9.45. The van der Waals surface area contributed by atoms with Crippen LogP contribution in [0.25, 0.3) is 5.57 Å². The van der Waals surface area contributed by atoms with E-state index in [2.05, 4.69) is 5.32 Å². The zero-order chi connectivity index (χ0) is 11.3. The normalized spacial score (nSPS) is 11.6. The lowest BCUT2D eigenvalue weighted by Gasteiger charge is -2.06. The van der Waals surface area contributed by atoms with Gasteiger partial charge in [-0.3, -0.25) is 4.79 Å². The van der Waals surface area contributed by atoms with Gasteiger partial charge in [-0.2, -0.15) is 0 Å². The fraction of sp³-hybridized carbons (Fsp3) is 0.308. The van der Waals surface area contributed by atoms with E-state index in [1.54, 1.807) is 6.08 Å². The van der Waals surface area contributed by atoms with Crippen molar-refractivity contribution in [2.24, 2.45) is 0 Å². The van der Waals surface area contributed by atoms with Crippen LogP contribution in [-0.2, 0) is 4.79 Å². The molecule has 0 aromatic heterocycles. The van der Waals surface area contributed by atoms with Crippen LogP contribution < -0.4 is 5.32 Å². The van der Waals surface area contributed by atoms with Gasteiger partial charge in [0.25, 0.3) is 0 Å². The average Bonchev–Trinajstić information content (AvgIpc) is 2.17.